The van der Waals surface area contributed by atoms with Crippen LogP contribution in [-0.4, -0.2) is 41.1 Å². The summed E-state index contributed by atoms with van der Waals surface area (Å²) in [6.45, 7) is 0.607. The zero-order valence-corrected chi connectivity index (χ0v) is 16.1. The Bertz CT molecular complexity index is 988. The summed E-state index contributed by atoms with van der Waals surface area (Å²) in [5.74, 6) is 0.248. The molecule has 28 heavy (non-hydrogen) atoms. The predicted molar refractivity (Wildman–Crippen MR) is 105 cm³/mol. The first-order valence-corrected chi connectivity index (χ1v) is 9.68. The van der Waals surface area contributed by atoms with Crippen LogP contribution in [0.15, 0.2) is 54.7 Å². The molecule has 1 amide bonds. The van der Waals surface area contributed by atoms with Gasteiger partial charge >= 0.3 is 0 Å². The van der Waals surface area contributed by atoms with Gasteiger partial charge in [-0.15, -0.1) is 11.3 Å². The van der Waals surface area contributed by atoms with E-state index in [0.717, 1.165) is 16.3 Å². The molecule has 2 aromatic carbocycles. The number of rotatable bonds is 4. The maximum atomic E-state index is 13.2. The van der Waals surface area contributed by atoms with E-state index in [2.05, 4.69) is 4.98 Å². The zero-order chi connectivity index (χ0) is 19.7. The van der Waals surface area contributed by atoms with Crippen molar-refractivity contribution in [3.8, 4) is 16.3 Å². The second-order valence-electron chi connectivity index (χ2n) is 6.77. The predicted octanol–water partition coefficient (Wildman–Crippen LogP) is 3.69. The maximum absolute atomic E-state index is 13.2. The average molecular weight is 398 g/mol. The number of carbonyl (C=O) groups is 1. The normalized spacial score (nSPS) is 19.0. The molecule has 1 aromatic heterocycles. The standard InChI is InChI=1S/C21H19FN2O3S/c1-27-17-8-2-14(3-9-17)19-23-12-18(28-19)20(25)24-11-10-21(26,13-24)15-4-6-16(22)7-5-15/h2-9,12,26H,10-11,13H2,1H3. The number of likely N-dealkylation sites (tertiary alicyclic amines) is 1. The van der Waals surface area contributed by atoms with Gasteiger partial charge in [0.1, 0.15) is 27.1 Å². The van der Waals surface area contributed by atoms with Crippen molar-refractivity contribution >= 4 is 17.2 Å². The van der Waals surface area contributed by atoms with Crippen LogP contribution in [0.1, 0.15) is 21.7 Å². The smallest absolute Gasteiger partial charge is 0.265 e. The number of aliphatic hydroxyl groups is 1. The fourth-order valence-electron chi connectivity index (χ4n) is 3.36. The highest BCUT2D eigenvalue weighted by Gasteiger charge is 2.40. The van der Waals surface area contributed by atoms with Gasteiger partial charge in [0.2, 0.25) is 0 Å². The Morgan fingerprint density at radius 2 is 1.93 bits per heavy atom. The molecule has 3 aromatic rings. The highest BCUT2D eigenvalue weighted by molar-refractivity contribution is 7.16. The van der Waals surface area contributed by atoms with E-state index in [9.17, 15) is 14.3 Å². The molecule has 2 heterocycles. The Hall–Kier alpha value is -2.77. The lowest BCUT2D eigenvalue weighted by Gasteiger charge is -2.23. The summed E-state index contributed by atoms with van der Waals surface area (Å²) in [7, 11) is 1.61. The van der Waals surface area contributed by atoms with Crippen LogP contribution in [0.2, 0.25) is 0 Å². The quantitative estimate of drug-likeness (QED) is 0.728. The summed E-state index contributed by atoms with van der Waals surface area (Å²) < 4.78 is 18.3. The Kier molecular flexibility index (Phi) is 4.87. The summed E-state index contributed by atoms with van der Waals surface area (Å²) in [5.41, 5.74) is 0.369. The number of carbonyl (C=O) groups excluding carboxylic acids is 1. The van der Waals surface area contributed by atoms with E-state index in [4.69, 9.17) is 4.74 Å². The molecule has 0 saturated carbocycles. The first-order valence-electron chi connectivity index (χ1n) is 8.86. The van der Waals surface area contributed by atoms with E-state index in [1.54, 1.807) is 30.3 Å². The van der Waals surface area contributed by atoms with E-state index < -0.39 is 5.60 Å². The number of aromatic nitrogens is 1. The molecule has 1 unspecified atom stereocenters. The van der Waals surface area contributed by atoms with Crippen molar-refractivity contribution in [3.63, 3.8) is 0 Å². The number of β-amino-alcohol motifs (C(OH)–C–C–N with tert-alkyl or cyclic N) is 1. The first kappa shape index (κ1) is 18.6. The minimum absolute atomic E-state index is 0.157. The van der Waals surface area contributed by atoms with Crippen LogP contribution in [0.4, 0.5) is 4.39 Å². The number of amides is 1. The molecular formula is C21H19FN2O3S. The van der Waals surface area contributed by atoms with Gasteiger partial charge < -0.3 is 14.7 Å². The van der Waals surface area contributed by atoms with Gasteiger partial charge in [-0.3, -0.25) is 4.79 Å². The molecule has 1 aliphatic heterocycles. The number of ether oxygens (including phenoxy) is 1. The summed E-state index contributed by atoms with van der Waals surface area (Å²) >= 11 is 1.32. The fraction of sp³-hybridized carbons (Fsp3) is 0.238. The van der Waals surface area contributed by atoms with E-state index in [1.165, 1.54) is 23.5 Å². The third-order valence-electron chi connectivity index (χ3n) is 4.97. The summed E-state index contributed by atoms with van der Waals surface area (Å²) in [5, 5.41) is 11.7. The molecule has 1 saturated heterocycles. The molecule has 1 N–H and O–H groups in total. The lowest BCUT2D eigenvalue weighted by atomic mass is 9.93. The molecular weight excluding hydrogens is 379 g/mol. The maximum Gasteiger partial charge on any atom is 0.265 e. The summed E-state index contributed by atoms with van der Waals surface area (Å²) in [6, 6.07) is 13.3. The Labute approximate surface area is 166 Å². The Morgan fingerprint density at radius 3 is 2.61 bits per heavy atom. The third kappa shape index (κ3) is 3.50. The van der Waals surface area contributed by atoms with Gasteiger partial charge in [-0.1, -0.05) is 12.1 Å². The molecule has 1 aliphatic rings. The minimum Gasteiger partial charge on any atom is -0.497 e. The Balaban J connectivity index is 1.49. The first-order chi connectivity index (χ1) is 13.5. The van der Waals surface area contributed by atoms with Crippen LogP contribution in [0.3, 0.4) is 0 Å². The lowest BCUT2D eigenvalue weighted by Crippen LogP contribution is -2.34. The molecule has 0 bridgehead atoms. The highest BCUT2D eigenvalue weighted by Crippen LogP contribution is 2.34. The van der Waals surface area contributed by atoms with Gasteiger partial charge in [-0.2, -0.15) is 0 Å². The molecule has 4 rings (SSSR count). The SMILES string of the molecule is COc1ccc(-c2ncc(C(=O)N3CCC(O)(c4ccc(F)cc4)C3)s2)cc1. The van der Waals surface area contributed by atoms with Gasteiger partial charge in [-0.05, 0) is 48.4 Å². The van der Waals surface area contributed by atoms with Crippen LogP contribution in [0.5, 0.6) is 5.75 Å². The number of methoxy groups -OCH3 is 1. The number of hydrogen-bond acceptors (Lipinski definition) is 5. The van der Waals surface area contributed by atoms with Gasteiger partial charge in [0.05, 0.1) is 19.9 Å². The van der Waals surface area contributed by atoms with E-state index in [1.807, 2.05) is 24.3 Å². The van der Waals surface area contributed by atoms with Crippen molar-refractivity contribution < 1.29 is 19.0 Å². The molecule has 1 atom stereocenters. The van der Waals surface area contributed by atoms with Crippen LogP contribution in [0, 0.1) is 5.82 Å². The fourth-order valence-corrected chi connectivity index (χ4v) is 4.25. The highest BCUT2D eigenvalue weighted by atomic mass is 32.1. The molecule has 5 nitrogen and oxygen atoms in total. The van der Waals surface area contributed by atoms with Crippen LogP contribution >= 0.6 is 11.3 Å². The molecule has 1 fully saturated rings. The lowest BCUT2D eigenvalue weighted by molar-refractivity contribution is 0.0418. The summed E-state index contributed by atoms with van der Waals surface area (Å²) in [6.07, 6.45) is 1.98. The zero-order valence-electron chi connectivity index (χ0n) is 15.3. The molecule has 0 aliphatic carbocycles. The molecule has 144 valence electrons. The van der Waals surface area contributed by atoms with Crippen molar-refractivity contribution in [2.24, 2.45) is 0 Å². The van der Waals surface area contributed by atoms with Gasteiger partial charge in [0, 0.05) is 12.1 Å². The number of benzene rings is 2. The largest absolute Gasteiger partial charge is 0.497 e. The Morgan fingerprint density at radius 1 is 1.21 bits per heavy atom. The van der Waals surface area contributed by atoms with Crippen molar-refractivity contribution in [2.75, 3.05) is 20.2 Å². The average Bonchev–Trinajstić information content (AvgIpc) is 3.36. The van der Waals surface area contributed by atoms with E-state index in [-0.39, 0.29) is 18.3 Å². The van der Waals surface area contributed by atoms with Crippen molar-refractivity contribution in [2.45, 2.75) is 12.0 Å². The number of halogens is 1. The number of hydrogen-bond donors (Lipinski definition) is 1. The van der Waals surface area contributed by atoms with Crippen molar-refractivity contribution in [1.82, 2.24) is 9.88 Å². The van der Waals surface area contributed by atoms with Crippen LogP contribution < -0.4 is 4.74 Å². The second kappa shape index (κ2) is 7.33. The topological polar surface area (TPSA) is 62.7 Å². The minimum atomic E-state index is -1.16. The molecule has 0 spiro atoms. The van der Waals surface area contributed by atoms with E-state index >= 15 is 0 Å². The van der Waals surface area contributed by atoms with Crippen LogP contribution in [0.25, 0.3) is 10.6 Å². The van der Waals surface area contributed by atoms with Crippen LogP contribution in [-0.2, 0) is 5.60 Å². The number of thiazole rings is 1. The number of nitrogens with zero attached hydrogens (tertiary/aromatic N) is 2. The van der Waals surface area contributed by atoms with E-state index in [0.29, 0.717) is 23.4 Å². The monoisotopic (exact) mass is 398 g/mol. The second-order valence-corrected chi connectivity index (χ2v) is 7.80. The van der Waals surface area contributed by atoms with Crippen molar-refractivity contribution in [1.29, 1.82) is 0 Å². The van der Waals surface area contributed by atoms with Gasteiger partial charge in [0.25, 0.3) is 5.91 Å². The third-order valence-corrected chi connectivity index (χ3v) is 6.00. The van der Waals surface area contributed by atoms with Crippen molar-refractivity contribution in [3.05, 3.63) is 71.0 Å². The molecule has 7 heteroatoms. The van der Waals surface area contributed by atoms with Gasteiger partial charge in [0.15, 0.2) is 0 Å². The summed E-state index contributed by atoms with van der Waals surface area (Å²) in [4.78, 5) is 19.4. The van der Waals surface area contributed by atoms with Gasteiger partial charge in [-0.25, -0.2) is 9.37 Å². The molecule has 0 radical (unpaired) electrons.